The third-order valence-electron chi connectivity index (χ3n) is 4.46. The van der Waals surface area contributed by atoms with Crippen LogP contribution in [0.25, 0.3) is 21.5 Å². The summed E-state index contributed by atoms with van der Waals surface area (Å²) >= 11 is 1.29. The van der Waals surface area contributed by atoms with E-state index in [9.17, 15) is 8.42 Å². The molecule has 0 amide bonds. The lowest BCUT2D eigenvalue weighted by atomic mass is 10.1. The maximum atomic E-state index is 13.1. The van der Waals surface area contributed by atoms with Gasteiger partial charge in [0.05, 0.1) is 0 Å². The number of nitrogens with zero attached hydrogens (tertiary/aromatic N) is 3. The normalized spacial score (nSPS) is 11.8. The highest BCUT2D eigenvalue weighted by molar-refractivity contribution is 7.94. The number of tetrazole rings is 1. The van der Waals surface area contributed by atoms with E-state index < -0.39 is 10.0 Å². The van der Waals surface area contributed by atoms with Crippen LogP contribution in [0.5, 0.6) is 0 Å². The van der Waals surface area contributed by atoms with E-state index in [1.165, 1.54) is 16.9 Å². The van der Waals surface area contributed by atoms with Crippen molar-refractivity contribution in [3.63, 3.8) is 0 Å². The monoisotopic (exact) mass is 413 g/mol. The second kappa shape index (κ2) is 7.33. The molecule has 0 spiro atoms. The van der Waals surface area contributed by atoms with Crippen molar-refractivity contribution in [2.45, 2.75) is 30.9 Å². The lowest BCUT2D eigenvalue weighted by Gasteiger charge is -2.08. The molecule has 0 saturated heterocycles. The molecule has 0 unspecified atom stereocenters. The zero-order valence-corrected chi connectivity index (χ0v) is 17.1. The first-order valence-corrected chi connectivity index (χ1v) is 11.2. The van der Waals surface area contributed by atoms with Gasteiger partial charge in [-0.2, -0.15) is 5.21 Å². The Bertz CT molecular complexity index is 1230. The van der Waals surface area contributed by atoms with Crippen molar-refractivity contribution in [2.75, 3.05) is 4.72 Å². The number of sulfonamides is 1. The molecule has 0 fully saturated rings. The Kier molecular flexibility index (Phi) is 4.86. The summed E-state index contributed by atoms with van der Waals surface area (Å²) in [6, 6.07) is 13.1. The molecule has 0 bridgehead atoms. The van der Waals surface area contributed by atoms with Crippen molar-refractivity contribution < 1.29 is 8.42 Å². The van der Waals surface area contributed by atoms with E-state index in [2.05, 4.69) is 44.4 Å². The summed E-state index contributed by atoms with van der Waals surface area (Å²) in [4.78, 5) is 0. The maximum Gasteiger partial charge on any atom is 0.271 e. The topological polar surface area (TPSA) is 101 Å². The average Bonchev–Trinajstić information content (AvgIpc) is 3.31. The highest BCUT2D eigenvalue weighted by Crippen LogP contribution is 2.36. The molecule has 2 aromatic heterocycles. The van der Waals surface area contributed by atoms with Gasteiger partial charge < -0.3 is 0 Å². The summed E-state index contributed by atoms with van der Waals surface area (Å²) in [5.74, 6) is 0.405. The third-order valence-corrected chi connectivity index (χ3v) is 7.73. The van der Waals surface area contributed by atoms with Crippen molar-refractivity contribution >= 4 is 37.1 Å². The first-order valence-electron chi connectivity index (χ1n) is 8.86. The summed E-state index contributed by atoms with van der Waals surface area (Å²) < 4.78 is 30.1. The Balaban J connectivity index is 1.69. The highest BCUT2D eigenvalue weighted by Gasteiger charge is 2.22. The number of nitrogens with one attached hydrogen (secondary N) is 2. The minimum Gasteiger partial charge on any atom is -0.279 e. The number of rotatable bonds is 6. The van der Waals surface area contributed by atoms with Gasteiger partial charge in [0, 0.05) is 16.0 Å². The summed E-state index contributed by atoms with van der Waals surface area (Å²) in [5.41, 5.74) is 3.12. The van der Waals surface area contributed by atoms with Gasteiger partial charge >= 0.3 is 0 Å². The molecule has 4 rings (SSSR count). The van der Waals surface area contributed by atoms with Gasteiger partial charge in [0.2, 0.25) is 5.82 Å². The molecule has 0 radical (unpaired) electrons. The van der Waals surface area contributed by atoms with E-state index in [1.807, 2.05) is 13.0 Å². The number of aromatic amines is 1. The Morgan fingerprint density at radius 3 is 2.79 bits per heavy atom. The molecule has 9 heteroatoms. The molecule has 28 heavy (non-hydrogen) atoms. The average molecular weight is 414 g/mol. The predicted molar refractivity (Wildman–Crippen MR) is 111 cm³/mol. The highest BCUT2D eigenvalue weighted by atomic mass is 32.2. The van der Waals surface area contributed by atoms with E-state index >= 15 is 0 Å². The van der Waals surface area contributed by atoms with Crippen LogP contribution in [0.15, 0.2) is 46.7 Å². The van der Waals surface area contributed by atoms with E-state index in [1.54, 1.807) is 24.3 Å². The van der Waals surface area contributed by atoms with E-state index in [0.717, 1.165) is 28.5 Å². The molecular formula is C19H19N5O2S2. The van der Waals surface area contributed by atoms with Gasteiger partial charge in [0.15, 0.2) is 0 Å². The van der Waals surface area contributed by atoms with Gasteiger partial charge in [-0.25, -0.2) is 8.42 Å². The van der Waals surface area contributed by atoms with Crippen LogP contribution in [0.3, 0.4) is 0 Å². The van der Waals surface area contributed by atoms with Crippen LogP contribution in [0.2, 0.25) is 0 Å². The molecule has 2 aromatic carbocycles. The Morgan fingerprint density at radius 1 is 1.18 bits per heavy atom. The quantitative estimate of drug-likeness (QED) is 0.495. The number of aromatic nitrogens is 4. The van der Waals surface area contributed by atoms with Crippen LogP contribution in [0.4, 0.5) is 5.69 Å². The molecule has 0 atom stereocenters. The number of thiophene rings is 1. The number of aryl methyl sites for hydroxylation is 2. The molecule has 4 aromatic rings. The predicted octanol–water partition coefficient (Wildman–Crippen LogP) is 4.14. The third kappa shape index (κ3) is 3.50. The molecular weight excluding hydrogens is 394 g/mol. The van der Waals surface area contributed by atoms with E-state index in [4.69, 9.17) is 0 Å². The van der Waals surface area contributed by atoms with Crippen molar-refractivity contribution in [3.8, 4) is 11.4 Å². The summed E-state index contributed by atoms with van der Waals surface area (Å²) in [6.45, 7) is 3.99. The minimum absolute atomic E-state index is 0.334. The fourth-order valence-corrected chi connectivity index (χ4v) is 5.95. The van der Waals surface area contributed by atoms with Crippen LogP contribution < -0.4 is 4.72 Å². The first kappa shape index (κ1) is 18.6. The second-order valence-electron chi connectivity index (χ2n) is 6.52. The van der Waals surface area contributed by atoms with E-state index in [0.29, 0.717) is 21.3 Å². The molecule has 0 aliphatic rings. The van der Waals surface area contributed by atoms with Gasteiger partial charge in [0.25, 0.3) is 10.0 Å². The minimum atomic E-state index is -3.71. The van der Waals surface area contributed by atoms with Gasteiger partial charge in [0.1, 0.15) is 4.21 Å². The van der Waals surface area contributed by atoms with Crippen LogP contribution in [-0.4, -0.2) is 29.0 Å². The van der Waals surface area contributed by atoms with Crippen LogP contribution in [0, 0.1) is 6.92 Å². The molecule has 2 heterocycles. The van der Waals surface area contributed by atoms with Crippen LogP contribution in [-0.2, 0) is 16.4 Å². The first-order chi connectivity index (χ1) is 13.5. The van der Waals surface area contributed by atoms with Gasteiger partial charge in [-0.05, 0) is 53.3 Å². The van der Waals surface area contributed by atoms with Crippen molar-refractivity contribution in [1.82, 2.24) is 20.6 Å². The SMILES string of the molecule is CCCc1ccc2sc(S(=O)(=O)Nc3cccc(-c4nn[nH]n4)c3)c(C)c2c1. The Labute approximate surface area is 166 Å². The number of anilines is 1. The zero-order valence-electron chi connectivity index (χ0n) is 15.4. The summed E-state index contributed by atoms with van der Waals surface area (Å²) in [7, 11) is -3.71. The second-order valence-corrected chi connectivity index (χ2v) is 9.45. The molecule has 2 N–H and O–H groups in total. The van der Waals surface area contributed by atoms with E-state index in [-0.39, 0.29) is 0 Å². The number of benzene rings is 2. The van der Waals surface area contributed by atoms with Crippen LogP contribution in [0.1, 0.15) is 24.5 Å². The van der Waals surface area contributed by atoms with Gasteiger partial charge in [-0.1, -0.05) is 37.6 Å². The zero-order chi connectivity index (χ0) is 19.7. The van der Waals surface area contributed by atoms with Gasteiger partial charge in [-0.15, -0.1) is 21.5 Å². The molecule has 7 nitrogen and oxygen atoms in total. The van der Waals surface area contributed by atoms with Gasteiger partial charge in [-0.3, -0.25) is 4.72 Å². The van der Waals surface area contributed by atoms with Crippen molar-refractivity contribution in [2.24, 2.45) is 0 Å². The largest absolute Gasteiger partial charge is 0.279 e. The lowest BCUT2D eigenvalue weighted by Crippen LogP contribution is -2.12. The van der Waals surface area contributed by atoms with Crippen LogP contribution >= 0.6 is 11.3 Å². The number of H-pyrrole nitrogens is 1. The summed E-state index contributed by atoms with van der Waals surface area (Å²) in [5, 5.41) is 14.8. The molecule has 0 aliphatic carbocycles. The Hall–Kier alpha value is -2.78. The molecule has 0 saturated carbocycles. The maximum absolute atomic E-state index is 13.1. The number of hydrogen-bond acceptors (Lipinski definition) is 6. The number of fused-ring (bicyclic) bond motifs is 1. The Morgan fingerprint density at radius 2 is 2.04 bits per heavy atom. The lowest BCUT2D eigenvalue weighted by molar-refractivity contribution is 0.603. The summed E-state index contributed by atoms with van der Waals surface area (Å²) in [6.07, 6.45) is 2.03. The fourth-order valence-electron chi connectivity index (χ4n) is 3.15. The standard InChI is InChI=1S/C19H19N5O2S2/c1-3-5-13-8-9-17-16(10-13)12(2)19(27-17)28(25,26)22-15-7-4-6-14(11-15)18-20-23-24-21-18/h4,6-11,22H,3,5H2,1-2H3,(H,20,21,23,24). The molecule has 144 valence electrons. The number of hydrogen-bond donors (Lipinski definition) is 2. The molecule has 0 aliphatic heterocycles. The smallest absolute Gasteiger partial charge is 0.271 e. The van der Waals surface area contributed by atoms with Crippen molar-refractivity contribution in [3.05, 3.63) is 53.6 Å². The fraction of sp³-hybridized carbons (Fsp3) is 0.211. The van der Waals surface area contributed by atoms with Crippen molar-refractivity contribution in [1.29, 1.82) is 0 Å².